The van der Waals surface area contributed by atoms with E-state index in [4.69, 9.17) is 14.8 Å². The van der Waals surface area contributed by atoms with E-state index in [1.165, 1.54) is 22.9 Å². The van der Waals surface area contributed by atoms with Crippen molar-refractivity contribution >= 4 is 46.5 Å². The summed E-state index contributed by atoms with van der Waals surface area (Å²) in [7, 11) is -0.643. The number of halogens is 3. The lowest BCUT2D eigenvalue weighted by molar-refractivity contribution is 0.0572. The van der Waals surface area contributed by atoms with Gasteiger partial charge in [-0.05, 0) is 65.2 Å². The van der Waals surface area contributed by atoms with E-state index in [1.807, 2.05) is 0 Å². The molecule has 10 nitrogen and oxygen atoms in total. The molecule has 0 aliphatic carbocycles. The van der Waals surface area contributed by atoms with Gasteiger partial charge in [0.05, 0.1) is 28.7 Å². The minimum absolute atomic E-state index is 0.0125. The van der Waals surface area contributed by atoms with E-state index in [0.29, 0.717) is 29.1 Å². The van der Waals surface area contributed by atoms with E-state index in [-0.39, 0.29) is 87.0 Å². The number of hydrogen-bond acceptors (Lipinski definition) is 9. The van der Waals surface area contributed by atoms with Crippen molar-refractivity contribution < 1.29 is 33.2 Å². The number of aromatic hydroxyl groups is 1. The number of nitrogens with zero attached hydrogens (tertiary/aromatic N) is 6. The van der Waals surface area contributed by atoms with Crippen LogP contribution in [0.15, 0.2) is 30.5 Å². The summed E-state index contributed by atoms with van der Waals surface area (Å²) < 4.78 is 56.7. The fourth-order valence-corrected chi connectivity index (χ4v) is 15.6. The summed E-state index contributed by atoms with van der Waals surface area (Å²) in [6.45, 7) is 14.3. The topological polar surface area (TPSA) is 120 Å². The third kappa shape index (κ3) is 6.41. The first-order valence-corrected chi connectivity index (χ1v) is 22.3. The van der Waals surface area contributed by atoms with Gasteiger partial charge in [-0.3, -0.25) is 9.58 Å². The Morgan fingerprint density at radius 1 is 0.965 bits per heavy atom. The van der Waals surface area contributed by atoms with Crippen molar-refractivity contribution in [3.63, 3.8) is 0 Å². The molecule has 2 aromatic heterocycles. The Hall–Kier alpha value is -4.42. The molecule has 3 aliphatic heterocycles. The number of anilines is 1. The van der Waals surface area contributed by atoms with E-state index in [1.54, 1.807) is 24.2 Å². The van der Waals surface area contributed by atoms with Crippen LogP contribution in [-0.4, -0.2) is 105 Å². The third-order valence-electron chi connectivity index (χ3n) is 13.0. The summed E-state index contributed by atoms with van der Waals surface area (Å²) in [4.78, 5) is 13.2. The first-order valence-electron chi connectivity index (χ1n) is 20.0. The molecule has 0 radical (unpaired) electrons. The van der Waals surface area contributed by atoms with Crippen LogP contribution in [0.3, 0.4) is 0 Å². The lowest BCUT2D eigenvalue weighted by atomic mass is 9.91. The van der Waals surface area contributed by atoms with Crippen LogP contribution in [0.4, 0.5) is 19.0 Å². The molecular weight excluding hydrogens is 750 g/mol. The van der Waals surface area contributed by atoms with E-state index in [2.05, 4.69) is 62.9 Å². The molecule has 5 aromatic rings. The maximum Gasteiger partial charge on any atom is 0.319 e. The summed E-state index contributed by atoms with van der Waals surface area (Å²) in [5, 5.41) is 38.6. The van der Waals surface area contributed by atoms with E-state index in [0.717, 1.165) is 19.4 Å². The van der Waals surface area contributed by atoms with Crippen LogP contribution in [0.5, 0.6) is 11.8 Å². The van der Waals surface area contributed by atoms with Gasteiger partial charge in [0.2, 0.25) is 0 Å². The predicted molar refractivity (Wildman–Crippen MR) is 219 cm³/mol. The molecule has 57 heavy (non-hydrogen) atoms. The van der Waals surface area contributed by atoms with Gasteiger partial charge < -0.3 is 25.0 Å². The number of phenolic OH excluding ortho intramolecular Hbond substituents is 1. The van der Waals surface area contributed by atoms with E-state index < -0.39 is 43.6 Å². The monoisotopic (exact) mass is 800 g/mol. The lowest BCUT2D eigenvalue weighted by Gasteiger charge is -2.38. The highest BCUT2D eigenvalue weighted by atomic mass is 28.3. The first-order chi connectivity index (χ1) is 27.0. The zero-order chi connectivity index (χ0) is 40.7. The number of aliphatic hydroxyl groups excluding tert-OH is 2. The summed E-state index contributed by atoms with van der Waals surface area (Å²) in [6, 6.07) is 5.67. The SMILES string of the molecule is CC(C)[Si](C#Cc1c(F)ccc2cc(O)cc(-c3c(F)c4nc(OC[C@@]56CCCN5C[C@H](F)C6)nc(N5C[C@@H](O)[C@@H](O)C5)c4c4cn(C)nc34)c12)(C(C)C)C(C)C. The Morgan fingerprint density at radius 2 is 1.67 bits per heavy atom. The number of alkyl halides is 1. The predicted octanol–water partition coefficient (Wildman–Crippen LogP) is 7.39. The van der Waals surface area contributed by atoms with Crippen molar-refractivity contribution in [2.75, 3.05) is 37.7 Å². The second-order valence-corrected chi connectivity index (χ2v) is 23.0. The van der Waals surface area contributed by atoms with Crippen LogP contribution >= 0.6 is 0 Å². The number of benzene rings is 3. The highest BCUT2D eigenvalue weighted by Crippen LogP contribution is 2.47. The second kappa shape index (κ2) is 14.4. The Kier molecular flexibility index (Phi) is 9.98. The number of hydrogen-bond donors (Lipinski definition) is 3. The molecule has 302 valence electrons. The van der Waals surface area contributed by atoms with Crippen molar-refractivity contribution in [1.82, 2.24) is 24.6 Å². The molecule has 0 spiro atoms. The minimum Gasteiger partial charge on any atom is -0.508 e. The maximum absolute atomic E-state index is 17.9. The minimum atomic E-state index is -2.34. The van der Waals surface area contributed by atoms with Gasteiger partial charge in [0.1, 0.15) is 49.3 Å². The van der Waals surface area contributed by atoms with Crippen LogP contribution in [0.1, 0.15) is 66.4 Å². The summed E-state index contributed by atoms with van der Waals surface area (Å²) in [5.74, 6) is 2.00. The number of aliphatic hydroxyl groups is 2. The van der Waals surface area contributed by atoms with Crippen LogP contribution in [0, 0.1) is 23.1 Å². The average Bonchev–Trinajstić information content (AvgIpc) is 3.89. The van der Waals surface area contributed by atoms with Gasteiger partial charge in [0.15, 0.2) is 5.82 Å². The summed E-state index contributed by atoms with van der Waals surface area (Å²) in [6.07, 6.45) is 0.548. The molecule has 0 bridgehead atoms. The fourth-order valence-electron chi connectivity index (χ4n) is 10.4. The number of aromatic nitrogens is 4. The first kappa shape index (κ1) is 39.4. The highest BCUT2D eigenvalue weighted by Gasteiger charge is 2.49. The molecule has 5 heterocycles. The number of ether oxygens (including phenoxy) is 1. The number of fused-ring (bicyclic) bond motifs is 5. The molecule has 0 unspecified atom stereocenters. The van der Waals surface area contributed by atoms with Crippen molar-refractivity contribution in [2.24, 2.45) is 7.05 Å². The molecule has 4 atom stereocenters. The fraction of sp³-hybridized carbons (Fsp3) is 0.512. The van der Waals surface area contributed by atoms with E-state index in [9.17, 15) is 19.7 Å². The number of β-amino-alcohol motifs (C(OH)–C–C–N with tert-alkyl or cyclic N) is 2. The molecule has 8 rings (SSSR count). The number of phenols is 1. The highest BCUT2D eigenvalue weighted by molar-refractivity contribution is 6.90. The smallest absolute Gasteiger partial charge is 0.319 e. The Balaban J connectivity index is 1.39. The van der Waals surface area contributed by atoms with Gasteiger partial charge in [-0.15, -0.1) is 5.54 Å². The van der Waals surface area contributed by atoms with Crippen LogP contribution in [0.25, 0.3) is 43.7 Å². The molecule has 0 amide bonds. The molecule has 3 aromatic carbocycles. The van der Waals surface area contributed by atoms with Crippen molar-refractivity contribution in [2.45, 2.75) is 101 Å². The van der Waals surface area contributed by atoms with Gasteiger partial charge in [-0.2, -0.15) is 15.1 Å². The lowest BCUT2D eigenvalue weighted by Crippen LogP contribution is -2.43. The molecule has 3 N–H and O–H groups in total. The quantitative estimate of drug-likeness (QED) is 0.109. The zero-order valence-electron chi connectivity index (χ0n) is 33.6. The Labute approximate surface area is 331 Å². The zero-order valence-corrected chi connectivity index (χ0v) is 34.6. The summed E-state index contributed by atoms with van der Waals surface area (Å²) >= 11 is 0. The van der Waals surface area contributed by atoms with Crippen LogP contribution in [-0.2, 0) is 7.05 Å². The van der Waals surface area contributed by atoms with Gasteiger partial charge in [-0.25, -0.2) is 13.2 Å². The van der Waals surface area contributed by atoms with Gasteiger partial charge in [-0.1, -0.05) is 53.5 Å². The van der Waals surface area contributed by atoms with E-state index >= 15 is 8.78 Å². The van der Waals surface area contributed by atoms with Crippen molar-refractivity contribution in [3.8, 4) is 34.4 Å². The Morgan fingerprint density at radius 3 is 2.35 bits per heavy atom. The molecule has 3 aliphatic rings. The van der Waals surface area contributed by atoms with Gasteiger partial charge in [0, 0.05) is 55.6 Å². The number of rotatable bonds is 8. The second-order valence-electron chi connectivity index (χ2n) is 17.4. The molecule has 3 saturated heterocycles. The largest absolute Gasteiger partial charge is 0.508 e. The summed E-state index contributed by atoms with van der Waals surface area (Å²) in [5.41, 5.74) is 4.33. The van der Waals surface area contributed by atoms with Gasteiger partial charge in [0.25, 0.3) is 0 Å². The normalized spacial score (nSPS) is 22.9. The standard InChI is InChI=1S/C43H51F3N6O4Si/c1-23(2)57(24(3)4,25(5)6)14-11-29-32(45)10-9-26-15-28(53)16-30(35(26)29)36-38(46)40-37(31-19-50(7)49-39(31)36)41(51-20-33(54)34(55)21-51)48-42(47-40)56-22-43-12-8-13-52(43)18-27(44)17-43/h9-10,15-16,19,23-25,27,33-34,53-55H,8,12-13,17-18,20-22H2,1-7H3/t27-,33-,34+,43+/m1/s1. The maximum atomic E-state index is 17.9. The van der Waals surface area contributed by atoms with Crippen molar-refractivity contribution in [1.29, 1.82) is 0 Å². The average molecular weight is 801 g/mol. The van der Waals surface area contributed by atoms with Gasteiger partial charge >= 0.3 is 6.01 Å². The molecule has 3 fully saturated rings. The third-order valence-corrected chi connectivity index (χ3v) is 19.3. The number of aryl methyl sites for hydroxylation is 1. The molecule has 0 saturated carbocycles. The van der Waals surface area contributed by atoms with Crippen LogP contribution < -0.4 is 9.64 Å². The molecule has 14 heteroatoms. The van der Waals surface area contributed by atoms with Crippen molar-refractivity contribution in [3.05, 3.63) is 47.7 Å². The van der Waals surface area contributed by atoms with Crippen LogP contribution in [0.2, 0.25) is 16.6 Å². The molecular formula is C43H51F3N6O4Si. The Bertz CT molecular complexity index is 2430.